The number of para-hydroxylation sites is 2. The predicted octanol–water partition coefficient (Wildman–Crippen LogP) is 4.24. The van der Waals surface area contributed by atoms with Crippen LogP contribution in [0.3, 0.4) is 0 Å². The maximum absolute atomic E-state index is 12.9. The topological polar surface area (TPSA) is 90.3 Å². The standard InChI is InChI=1S/C26H31N3O4/c1-5-6-13-29-22-10-8-7-9-20(22)27-21(26(29)32)11-12-24(31)33-16-23(30)28-25-18(3)14-17(2)15-19(25)4/h7-10,14-15H,5-6,11-13,16H2,1-4H3,(H,28,30). The van der Waals surface area contributed by atoms with Gasteiger partial charge in [-0.05, 0) is 50.5 Å². The Hall–Kier alpha value is -3.48. The van der Waals surface area contributed by atoms with E-state index in [1.165, 1.54) is 0 Å². The van der Waals surface area contributed by atoms with Crippen molar-refractivity contribution in [1.29, 1.82) is 0 Å². The molecule has 0 bridgehead atoms. The molecule has 2 aromatic carbocycles. The zero-order valence-electron chi connectivity index (χ0n) is 19.7. The van der Waals surface area contributed by atoms with Crippen molar-refractivity contribution in [2.24, 2.45) is 0 Å². The van der Waals surface area contributed by atoms with Crippen LogP contribution in [-0.2, 0) is 27.3 Å². The summed E-state index contributed by atoms with van der Waals surface area (Å²) in [6, 6.07) is 11.5. The number of esters is 1. The second kappa shape index (κ2) is 10.9. The van der Waals surface area contributed by atoms with Crippen LogP contribution in [0.15, 0.2) is 41.2 Å². The first-order chi connectivity index (χ1) is 15.8. The molecule has 0 aliphatic rings. The van der Waals surface area contributed by atoms with Crippen molar-refractivity contribution in [3.8, 4) is 0 Å². The van der Waals surface area contributed by atoms with Gasteiger partial charge in [0.2, 0.25) is 0 Å². The fourth-order valence-corrected chi connectivity index (χ4v) is 3.94. The van der Waals surface area contributed by atoms with Crippen molar-refractivity contribution in [2.75, 3.05) is 11.9 Å². The van der Waals surface area contributed by atoms with Gasteiger partial charge in [-0.2, -0.15) is 0 Å². The van der Waals surface area contributed by atoms with Crippen LogP contribution in [-0.4, -0.2) is 28.0 Å². The van der Waals surface area contributed by atoms with E-state index in [0.717, 1.165) is 46.3 Å². The number of amides is 1. The normalized spacial score (nSPS) is 10.9. The molecular weight excluding hydrogens is 418 g/mol. The zero-order chi connectivity index (χ0) is 24.0. The molecule has 0 radical (unpaired) electrons. The minimum Gasteiger partial charge on any atom is -0.456 e. The SMILES string of the molecule is CCCCn1c(=O)c(CCC(=O)OCC(=O)Nc2c(C)cc(C)cc2C)nc2ccccc21. The van der Waals surface area contributed by atoms with Gasteiger partial charge in [0.25, 0.3) is 11.5 Å². The smallest absolute Gasteiger partial charge is 0.306 e. The summed E-state index contributed by atoms with van der Waals surface area (Å²) in [5.41, 5.74) is 5.42. The van der Waals surface area contributed by atoms with Crippen molar-refractivity contribution in [3.63, 3.8) is 0 Å². The van der Waals surface area contributed by atoms with E-state index in [9.17, 15) is 14.4 Å². The number of unbranched alkanes of at least 4 members (excludes halogenated alkanes) is 1. The number of anilines is 1. The molecular formula is C26H31N3O4. The van der Waals surface area contributed by atoms with Crippen molar-refractivity contribution < 1.29 is 14.3 Å². The number of benzene rings is 2. The van der Waals surface area contributed by atoms with Gasteiger partial charge in [-0.15, -0.1) is 0 Å². The number of ether oxygens (including phenoxy) is 1. The molecule has 174 valence electrons. The molecule has 7 nitrogen and oxygen atoms in total. The maximum Gasteiger partial charge on any atom is 0.306 e. The minimum atomic E-state index is -0.544. The fourth-order valence-electron chi connectivity index (χ4n) is 3.94. The molecule has 3 aromatic rings. The number of hydrogen-bond acceptors (Lipinski definition) is 5. The summed E-state index contributed by atoms with van der Waals surface area (Å²) in [6.07, 6.45) is 1.98. The van der Waals surface area contributed by atoms with Crippen LogP contribution >= 0.6 is 0 Å². The number of carbonyl (C=O) groups is 2. The van der Waals surface area contributed by atoms with E-state index >= 15 is 0 Å². The quantitative estimate of drug-likeness (QED) is 0.494. The van der Waals surface area contributed by atoms with E-state index in [0.29, 0.717) is 12.2 Å². The second-order valence-electron chi connectivity index (χ2n) is 8.34. The molecule has 0 fully saturated rings. The van der Waals surface area contributed by atoms with Gasteiger partial charge in [-0.25, -0.2) is 4.98 Å². The molecule has 3 rings (SSSR count). The second-order valence-corrected chi connectivity index (χ2v) is 8.34. The fraction of sp³-hybridized carbons (Fsp3) is 0.385. The third-order valence-electron chi connectivity index (χ3n) is 5.53. The van der Waals surface area contributed by atoms with Gasteiger partial charge in [0, 0.05) is 18.7 Å². The molecule has 0 aliphatic carbocycles. The number of nitrogens with zero attached hydrogens (tertiary/aromatic N) is 2. The largest absolute Gasteiger partial charge is 0.456 e. The van der Waals surface area contributed by atoms with Crippen molar-refractivity contribution in [1.82, 2.24) is 9.55 Å². The van der Waals surface area contributed by atoms with Gasteiger partial charge in [0.15, 0.2) is 6.61 Å². The lowest BCUT2D eigenvalue weighted by atomic mass is 10.1. The summed E-state index contributed by atoms with van der Waals surface area (Å²) in [6.45, 7) is 8.14. The Labute approximate surface area is 193 Å². The molecule has 0 atom stereocenters. The minimum absolute atomic E-state index is 0.0236. The Morgan fingerprint density at radius 2 is 1.79 bits per heavy atom. The first-order valence-corrected chi connectivity index (χ1v) is 11.3. The van der Waals surface area contributed by atoms with Crippen molar-refractivity contribution in [3.05, 3.63) is 69.1 Å². The summed E-state index contributed by atoms with van der Waals surface area (Å²) >= 11 is 0. The van der Waals surface area contributed by atoms with Crippen LogP contribution in [0.1, 0.15) is 48.6 Å². The Morgan fingerprint density at radius 1 is 1.09 bits per heavy atom. The number of hydrogen-bond donors (Lipinski definition) is 1. The van der Waals surface area contributed by atoms with Crippen molar-refractivity contribution >= 4 is 28.6 Å². The monoisotopic (exact) mass is 449 g/mol. The van der Waals surface area contributed by atoms with Crippen LogP contribution in [0.5, 0.6) is 0 Å². The molecule has 0 spiro atoms. The van der Waals surface area contributed by atoms with Crippen molar-refractivity contribution in [2.45, 2.75) is 59.9 Å². The summed E-state index contributed by atoms with van der Waals surface area (Å²) in [7, 11) is 0. The van der Waals surface area contributed by atoms with Gasteiger partial charge in [-0.3, -0.25) is 14.4 Å². The Kier molecular flexibility index (Phi) is 7.98. The van der Waals surface area contributed by atoms with E-state index in [2.05, 4.69) is 17.2 Å². The highest BCUT2D eigenvalue weighted by Crippen LogP contribution is 2.21. The lowest BCUT2D eigenvalue weighted by molar-refractivity contribution is -0.147. The van der Waals surface area contributed by atoms with Gasteiger partial charge in [0.05, 0.1) is 17.5 Å². The van der Waals surface area contributed by atoms with E-state index in [1.54, 1.807) is 4.57 Å². The van der Waals surface area contributed by atoms with E-state index in [-0.39, 0.29) is 25.0 Å². The third-order valence-corrected chi connectivity index (χ3v) is 5.53. The summed E-state index contributed by atoms with van der Waals surface area (Å²) in [4.78, 5) is 41.9. The highest BCUT2D eigenvalue weighted by atomic mass is 16.5. The van der Waals surface area contributed by atoms with Crippen LogP contribution < -0.4 is 10.9 Å². The first kappa shape index (κ1) is 24.2. The first-order valence-electron chi connectivity index (χ1n) is 11.3. The lowest BCUT2D eigenvalue weighted by Crippen LogP contribution is -2.27. The number of rotatable bonds is 9. The average Bonchev–Trinajstić information content (AvgIpc) is 2.78. The number of carbonyl (C=O) groups excluding carboxylic acids is 2. The molecule has 7 heteroatoms. The maximum atomic E-state index is 12.9. The van der Waals surface area contributed by atoms with Gasteiger partial charge < -0.3 is 14.6 Å². The average molecular weight is 450 g/mol. The lowest BCUT2D eigenvalue weighted by Gasteiger charge is -2.13. The Balaban J connectivity index is 1.61. The predicted molar refractivity (Wildman–Crippen MR) is 129 cm³/mol. The number of fused-ring (bicyclic) bond motifs is 1. The highest BCUT2D eigenvalue weighted by molar-refractivity contribution is 5.94. The molecule has 1 N–H and O–H groups in total. The third kappa shape index (κ3) is 6.06. The van der Waals surface area contributed by atoms with E-state index < -0.39 is 11.9 Å². The number of nitrogens with one attached hydrogen (secondary N) is 1. The Bertz CT molecular complexity index is 1210. The summed E-state index contributed by atoms with van der Waals surface area (Å²) in [5.74, 6) is -0.943. The molecule has 0 aliphatic heterocycles. The van der Waals surface area contributed by atoms with Crippen LogP contribution in [0.2, 0.25) is 0 Å². The molecule has 33 heavy (non-hydrogen) atoms. The van der Waals surface area contributed by atoms with Gasteiger partial charge in [-0.1, -0.05) is 43.2 Å². The highest BCUT2D eigenvalue weighted by Gasteiger charge is 2.15. The van der Waals surface area contributed by atoms with Crippen LogP contribution in [0.25, 0.3) is 11.0 Å². The molecule has 1 aromatic heterocycles. The van der Waals surface area contributed by atoms with Crippen LogP contribution in [0.4, 0.5) is 5.69 Å². The van der Waals surface area contributed by atoms with Crippen LogP contribution in [0, 0.1) is 20.8 Å². The van der Waals surface area contributed by atoms with E-state index in [1.807, 2.05) is 57.2 Å². The molecule has 1 heterocycles. The van der Waals surface area contributed by atoms with Gasteiger partial charge >= 0.3 is 5.97 Å². The molecule has 0 unspecified atom stereocenters. The van der Waals surface area contributed by atoms with Gasteiger partial charge in [0.1, 0.15) is 5.69 Å². The van der Waals surface area contributed by atoms with E-state index in [4.69, 9.17) is 4.74 Å². The summed E-state index contributed by atoms with van der Waals surface area (Å²) in [5, 5.41) is 2.81. The Morgan fingerprint density at radius 3 is 2.48 bits per heavy atom. The molecule has 1 amide bonds. The zero-order valence-corrected chi connectivity index (χ0v) is 19.7. The molecule has 0 saturated heterocycles. The summed E-state index contributed by atoms with van der Waals surface area (Å²) < 4.78 is 6.86. The number of aryl methyl sites for hydroxylation is 5. The number of aromatic nitrogens is 2. The molecule has 0 saturated carbocycles.